The molecule has 1 aliphatic heterocycles. The number of hydrogen-bond acceptors (Lipinski definition) is 6. The predicted octanol–water partition coefficient (Wildman–Crippen LogP) is 3.44. The van der Waals surface area contributed by atoms with Gasteiger partial charge >= 0.3 is 11.9 Å². The lowest BCUT2D eigenvalue weighted by Gasteiger charge is -2.57. The monoisotopic (exact) mass is 459 g/mol. The molecule has 0 aromatic rings. The average molecular weight is 460 g/mol. The van der Waals surface area contributed by atoms with Gasteiger partial charge in [-0.2, -0.15) is 0 Å². The molecule has 0 aromatic carbocycles. The van der Waals surface area contributed by atoms with Gasteiger partial charge in [-0.25, -0.2) is 4.79 Å². The average Bonchev–Trinajstić information content (AvgIpc) is 3.36. The lowest BCUT2D eigenvalue weighted by Crippen LogP contribution is -2.56. The quantitative estimate of drug-likeness (QED) is 0.299. The number of hydrogen-bond donors (Lipinski definition) is 1. The summed E-state index contributed by atoms with van der Waals surface area (Å²) in [6, 6.07) is 0. The number of ether oxygens (including phenoxy) is 3. The van der Waals surface area contributed by atoms with Crippen LogP contribution in [0.1, 0.15) is 79.1 Å². The minimum atomic E-state index is -1.64. The van der Waals surface area contributed by atoms with Gasteiger partial charge in [-0.15, -0.1) is 0 Å². The summed E-state index contributed by atoms with van der Waals surface area (Å²) in [6.45, 7) is 8.02. The first-order chi connectivity index (χ1) is 15.6. The molecular formula is C26H37NO6. The number of carbonyl (C=O) groups is 3. The SMILES string of the molecule is CCOC(=O)[C@@]1(C(N)=O)O[C@@]12CC[C@H]1[C@@H]3CC=C4C[C@H](OC(C)=O)CC[C@]4(C)[C@H]3CC[C@@]12C. The van der Waals surface area contributed by atoms with Crippen LogP contribution < -0.4 is 5.73 Å². The molecule has 1 heterocycles. The third-order valence-corrected chi connectivity index (χ3v) is 10.3. The van der Waals surface area contributed by atoms with E-state index in [0.29, 0.717) is 24.2 Å². The summed E-state index contributed by atoms with van der Waals surface area (Å²) in [5, 5.41) is 0. The van der Waals surface area contributed by atoms with Gasteiger partial charge in [0.1, 0.15) is 11.7 Å². The standard InChI is InChI=1S/C26H37NO6/c1-5-31-22(30)26(21(27)29)25(33-26)13-10-20-18-7-6-16-14-17(32-15(2)28)8-11-23(16,3)19(18)9-12-24(20,25)4/h6,17-20H,5,7-14H2,1-4H3,(H2,27,29)/t17-,18-,19+,20+,23+,24+,25-,26-/m1/s1. The fourth-order valence-corrected chi connectivity index (χ4v) is 8.73. The number of amides is 1. The van der Waals surface area contributed by atoms with Crippen molar-refractivity contribution in [2.45, 2.75) is 96.4 Å². The number of fused-ring (bicyclic) bond motifs is 6. The van der Waals surface area contributed by atoms with Gasteiger partial charge < -0.3 is 19.9 Å². The van der Waals surface area contributed by atoms with Gasteiger partial charge in [-0.05, 0) is 75.0 Å². The van der Waals surface area contributed by atoms with Crippen LogP contribution in [0.3, 0.4) is 0 Å². The zero-order chi connectivity index (χ0) is 23.8. The van der Waals surface area contributed by atoms with Gasteiger partial charge in [0.25, 0.3) is 11.5 Å². The zero-order valence-electron chi connectivity index (χ0n) is 20.3. The van der Waals surface area contributed by atoms with E-state index < -0.39 is 23.1 Å². The number of allylic oxidation sites excluding steroid dienone is 1. The van der Waals surface area contributed by atoms with Crippen LogP contribution in [0.15, 0.2) is 11.6 Å². The Hall–Kier alpha value is -1.89. The van der Waals surface area contributed by atoms with Gasteiger partial charge in [0.15, 0.2) is 0 Å². The van der Waals surface area contributed by atoms with Gasteiger partial charge in [-0.3, -0.25) is 9.59 Å². The summed E-state index contributed by atoms with van der Waals surface area (Å²) in [4.78, 5) is 36.9. The summed E-state index contributed by atoms with van der Waals surface area (Å²) in [5.74, 6) is -0.138. The van der Waals surface area contributed by atoms with Crippen molar-refractivity contribution in [3.8, 4) is 0 Å². The van der Waals surface area contributed by atoms with E-state index in [0.717, 1.165) is 44.9 Å². The second-order valence-corrected chi connectivity index (χ2v) is 11.4. The Balaban J connectivity index is 1.43. The minimum Gasteiger partial charge on any atom is -0.463 e. The van der Waals surface area contributed by atoms with Crippen LogP contribution >= 0.6 is 0 Å². The summed E-state index contributed by atoms with van der Waals surface area (Å²) in [7, 11) is 0. The van der Waals surface area contributed by atoms with Crippen LogP contribution in [0.25, 0.3) is 0 Å². The molecule has 5 aliphatic rings. The van der Waals surface area contributed by atoms with Crippen molar-refractivity contribution in [1.29, 1.82) is 0 Å². The van der Waals surface area contributed by atoms with Crippen LogP contribution in [0, 0.1) is 28.6 Å². The summed E-state index contributed by atoms with van der Waals surface area (Å²) in [5.41, 5.74) is 4.57. The molecule has 0 unspecified atom stereocenters. The van der Waals surface area contributed by atoms with E-state index in [2.05, 4.69) is 19.9 Å². The molecule has 4 fully saturated rings. The number of epoxide rings is 1. The van der Waals surface area contributed by atoms with E-state index in [1.807, 2.05) is 0 Å². The maximum Gasteiger partial charge on any atom is 0.351 e. The maximum atomic E-state index is 12.9. The van der Waals surface area contributed by atoms with Crippen molar-refractivity contribution < 1.29 is 28.6 Å². The van der Waals surface area contributed by atoms with E-state index in [1.165, 1.54) is 12.5 Å². The third kappa shape index (κ3) is 2.80. The second kappa shape index (κ2) is 7.30. The summed E-state index contributed by atoms with van der Waals surface area (Å²) >= 11 is 0. The molecule has 182 valence electrons. The topological polar surface area (TPSA) is 108 Å². The highest BCUT2D eigenvalue weighted by Crippen LogP contribution is 2.75. The van der Waals surface area contributed by atoms with Crippen LogP contribution in [0.4, 0.5) is 0 Å². The van der Waals surface area contributed by atoms with Crippen molar-refractivity contribution >= 4 is 17.8 Å². The largest absolute Gasteiger partial charge is 0.463 e. The number of carbonyl (C=O) groups excluding carboxylic acids is 3. The van der Waals surface area contributed by atoms with Crippen LogP contribution in [0.2, 0.25) is 0 Å². The Labute approximate surface area is 195 Å². The molecule has 5 rings (SSSR count). The smallest absolute Gasteiger partial charge is 0.351 e. The first-order valence-corrected chi connectivity index (χ1v) is 12.6. The van der Waals surface area contributed by atoms with Gasteiger partial charge in [0, 0.05) is 18.8 Å². The molecular weight excluding hydrogens is 422 g/mol. The van der Waals surface area contributed by atoms with Gasteiger partial charge in [0.05, 0.1) is 6.61 Å². The molecule has 0 aromatic heterocycles. The molecule has 1 amide bonds. The maximum absolute atomic E-state index is 12.9. The molecule has 7 heteroatoms. The number of esters is 2. The first kappa shape index (κ1) is 22.9. The Morgan fingerprint density at radius 2 is 1.85 bits per heavy atom. The van der Waals surface area contributed by atoms with E-state index in [4.69, 9.17) is 19.9 Å². The van der Waals surface area contributed by atoms with Crippen LogP contribution in [0.5, 0.6) is 0 Å². The van der Waals surface area contributed by atoms with Crippen molar-refractivity contribution in [2.75, 3.05) is 6.61 Å². The first-order valence-electron chi connectivity index (χ1n) is 12.6. The van der Waals surface area contributed by atoms with E-state index >= 15 is 0 Å². The zero-order valence-corrected chi connectivity index (χ0v) is 20.3. The Morgan fingerprint density at radius 1 is 1.12 bits per heavy atom. The predicted molar refractivity (Wildman–Crippen MR) is 120 cm³/mol. The molecule has 1 spiro atoms. The molecule has 1 saturated heterocycles. The highest BCUT2D eigenvalue weighted by molar-refractivity contribution is 6.10. The fraction of sp³-hybridized carbons (Fsp3) is 0.808. The van der Waals surface area contributed by atoms with Crippen molar-refractivity contribution in [1.82, 2.24) is 0 Å². The number of rotatable bonds is 4. The van der Waals surface area contributed by atoms with Crippen LogP contribution in [-0.2, 0) is 28.6 Å². The lowest BCUT2D eigenvalue weighted by atomic mass is 9.47. The normalized spacial score (nSPS) is 47.6. The molecule has 33 heavy (non-hydrogen) atoms. The van der Waals surface area contributed by atoms with Crippen molar-refractivity contribution in [2.24, 2.45) is 34.3 Å². The molecule has 7 nitrogen and oxygen atoms in total. The molecule has 3 saturated carbocycles. The molecule has 4 aliphatic carbocycles. The van der Waals surface area contributed by atoms with Crippen molar-refractivity contribution in [3.05, 3.63) is 11.6 Å². The minimum absolute atomic E-state index is 0.0115. The summed E-state index contributed by atoms with van der Waals surface area (Å²) < 4.78 is 17.0. The third-order valence-electron chi connectivity index (χ3n) is 10.3. The number of nitrogens with two attached hydrogens (primary N) is 1. The van der Waals surface area contributed by atoms with Gasteiger partial charge in [0.2, 0.25) is 0 Å². The molecule has 0 radical (unpaired) electrons. The number of primary amides is 1. The lowest BCUT2D eigenvalue weighted by molar-refractivity contribution is -0.153. The van der Waals surface area contributed by atoms with Crippen LogP contribution in [-0.4, -0.2) is 41.8 Å². The highest BCUT2D eigenvalue weighted by atomic mass is 16.7. The van der Waals surface area contributed by atoms with E-state index in [9.17, 15) is 14.4 Å². The fourth-order valence-electron chi connectivity index (χ4n) is 8.73. The van der Waals surface area contributed by atoms with E-state index in [-0.39, 0.29) is 29.5 Å². The second-order valence-electron chi connectivity index (χ2n) is 11.4. The summed E-state index contributed by atoms with van der Waals surface area (Å²) in [6.07, 6.45) is 9.68. The molecule has 8 atom stereocenters. The highest BCUT2D eigenvalue weighted by Gasteiger charge is 2.88. The Morgan fingerprint density at radius 3 is 2.52 bits per heavy atom. The molecule has 0 bridgehead atoms. The molecule has 2 N–H and O–H groups in total. The van der Waals surface area contributed by atoms with Crippen molar-refractivity contribution in [3.63, 3.8) is 0 Å². The Bertz CT molecular complexity index is 930. The van der Waals surface area contributed by atoms with E-state index in [1.54, 1.807) is 6.92 Å². The Kier molecular flexibility index (Phi) is 5.06. The van der Waals surface area contributed by atoms with Gasteiger partial charge in [-0.1, -0.05) is 25.5 Å².